The largest absolute Gasteiger partial charge is 0.508 e. The zero-order valence-corrected chi connectivity index (χ0v) is 21.7. The number of carbonyl (C=O) groups is 2. The number of aryl methyl sites for hydroxylation is 1. The van der Waals surface area contributed by atoms with E-state index in [1.165, 1.54) is 34.6 Å². The van der Waals surface area contributed by atoms with Crippen LogP contribution in [0.2, 0.25) is 0 Å². The van der Waals surface area contributed by atoms with Gasteiger partial charge in [0.05, 0.1) is 18.3 Å². The van der Waals surface area contributed by atoms with E-state index < -0.39 is 50.7 Å². The Morgan fingerprint density at radius 3 is 2.34 bits per heavy atom. The van der Waals surface area contributed by atoms with E-state index in [1.807, 2.05) is 0 Å². The average molecular weight is 559 g/mol. The SMILES string of the molecule is Cc1cc(C2C3=CCn4c(=O)n(C)c(=O)n4C3CC3(Cl)C(=O)N(c4ccc(F)cc4)C(=O)C23Cl)ccc1O. The molecule has 2 fully saturated rings. The molecule has 9 nitrogen and oxygen atoms in total. The van der Waals surface area contributed by atoms with E-state index in [0.29, 0.717) is 16.7 Å². The first-order valence-corrected chi connectivity index (χ1v) is 12.6. The number of imide groups is 1. The normalized spacial score (nSPS) is 28.1. The molecule has 2 aliphatic heterocycles. The highest BCUT2D eigenvalue weighted by Crippen LogP contribution is 2.63. The highest BCUT2D eigenvalue weighted by Gasteiger charge is 2.75. The fourth-order valence-electron chi connectivity index (χ4n) is 6.00. The van der Waals surface area contributed by atoms with Gasteiger partial charge >= 0.3 is 11.4 Å². The van der Waals surface area contributed by atoms with Crippen molar-refractivity contribution in [3.8, 4) is 5.75 Å². The van der Waals surface area contributed by atoms with Crippen LogP contribution in [-0.2, 0) is 23.2 Å². The van der Waals surface area contributed by atoms with Gasteiger partial charge in [-0.05, 0) is 54.0 Å². The fourth-order valence-corrected chi connectivity index (χ4v) is 6.92. The Morgan fingerprint density at radius 1 is 1.00 bits per heavy atom. The lowest BCUT2D eigenvalue weighted by molar-refractivity contribution is -0.122. The summed E-state index contributed by atoms with van der Waals surface area (Å²) in [6.45, 7) is 1.72. The van der Waals surface area contributed by atoms with E-state index in [-0.39, 0.29) is 24.4 Å². The second-order valence-electron chi connectivity index (χ2n) is 9.89. The Bertz CT molecular complexity index is 1710. The van der Waals surface area contributed by atoms with E-state index in [0.717, 1.165) is 21.6 Å². The average Bonchev–Trinajstić information content (AvgIpc) is 3.19. The van der Waals surface area contributed by atoms with Crippen molar-refractivity contribution in [3.05, 3.63) is 92.0 Å². The minimum Gasteiger partial charge on any atom is -0.508 e. The lowest BCUT2D eigenvalue weighted by atomic mass is 9.64. The molecular weight excluding hydrogens is 538 g/mol. The van der Waals surface area contributed by atoms with Crippen LogP contribution in [0, 0.1) is 12.7 Å². The number of aromatic nitrogens is 3. The van der Waals surface area contributed by atoms with E-state index >= 15 is 0 Å². The molecule has 1 aromatic heterocycles. The number of aromatic hydroxyl groups is 1. The first kappa shape index (κ1) is 24.7. The van der Waals surface area contributed by atoms with Gasteiger partial charge in [-0.25, -0.2) is 32.8 Å². The Kier molecular flexibility index (Phi) is 5.16. The molecule has 2 amide bonds. The molecule has 6 rings (SSSR count). The van der Waals surface area contributed by atoms with Crippen molar-refractivity contribution < 1.29 is 19.1 Å². The molecule has 3 heterocycles. The third-order valence-corrected chi connectivity index (χ3v) is 9.32. The van der Waals surface area contributed by atoms with Crippen molar-refractivity contribution in [2.75, 3.05) is 4.90 Å². The van der Waals surface area contributed by atoms with Crippen LogP contribution < -0.4 is 16.3 Å². The topological polar surface area (TPSA) is 107 Å². The van der Waals surface area contributed by atoms with Crippen LogP contribution in [0.5, 0.6) is 5.75 Å². The lowest BCUT2D eigenvalue weighted by Gasteiger charge is -2.49. The van der Waals surface area contributed by atoms with E-state index in [4.69, 9.17) is 23.2 Å². The van der Waals surface area contributed by atoms with Crippen LogP contribution in [0.3, 0.4) is 0 Å². The number of hydrogen-bond donors (Lipinski definition) is 1. The number of allylic oxidation sites excluding steroid dienone is 2. The Balaban J connectivity index is 1.63. The minimum absolute atomic E-state index is 0.0226. The van der Waals surface area contributed by atoms with Gasteiger partial charge in [0.2, 0.25) is 0 Å². The molecular formula is C26H21Cl2FN4O5. The first-order valence-electron chi connectivity index (χ1n) is 11.8. The number of hydrogen-bond acceptors (Lipinski definition) is 5. The Morgan fingerprint density at radius 2 is 1.68 bits per heavy atom. The van der Waals surface area contributed by atoms with Gasteiger partial charge in [0.15, 0.2) is 9.75 Å². The zero-order chi connectivity index (χ0) is 27.3. The molecule has 12 heteroatoms. The number of amides is 2. The van der Waals surface area contributed by atoms with E-state index in [2.05, 4.69) is 0 Å². The lowest BCUT2D eigenvalue weighted by Crippen LogP contribution is -2.59. The van der Waals surface area contributed by atoms with Crippen LogP contribution >= 0.6 is 23.2 Å². The van der Waals surface area contributed by atoms with Gasteiger partial charge in [-0.2, -0.15) is 0 Å². The van der Waals surface area contributed by atoms with Crippen LogP contribution in [-0.4, -0.2) is 40.6 Å². The number of benzene rings is 2. The highest BCUT2D eigenvalue weighted by molar-refractivity contribution is 6.58. The molecule has 38 heavy (non-hydrogen) atoms. The summed E-state index contributed by atoms with van der Waals surface area (Å²) in [5, 5.41) is 10.2. The summed E-state index contributed by atoms with van der Waals surface area (Å²) in [5.41, 5.74) is 0.523. The number of fused-ring (bicyclic) bond motifs is 4. The monoisotopic (exact) mass is 558 g/mol. The maximum atomic E-state index is 14.1. The number of carbonyl (C=O) groups excluding carboxylic acids is 2. The quantitative estimate of drug-likeness (QED) is 0.295. The van der Waals surface area contributed by atoms with Crippen LogP contribution in [0.15, 0.2) is 63.7 Å². The summed E-state index contributed by atoms with van der Waals surface area (Å²) in [6.07, 6.45) is 1.49. The van der Waals surface area contributed by atoms with Crippen molar-refractivity contribution in [1.82, 2.24) is 13.9 Å². The van der Waals surface area contributed by atoms with Crippen molar-refractivity contribution in [2.45, 2.75) is 41.6 Å². The molecule has 0 spiro atoms. The summed E-state index contributed by atoms with van der Waals surface area (Å²) in [4.78, 5) is 50.8. The number of nitrogens with zero attached hydrogens (tertiary/aromatic N) is 4. The summed E-state index contributed by atoms with van der Waals surface area (Å²) in [6, 6.07) is 8.64. The molecule has 1 N–H and O–H groups in total. The highest BCUT2D eigenvalue weighted by atomic mass is 35.5. The van der Waals surface area contributed by atoms with Crippen LogP contribution in [0.25, 0.3) is 0 Å². The Labute approximate surface area is 224 Å². The van der Waals surface area contributed by atoms with Crippen LogP contribution in [0.1, 0.15) is 29.5 Å². The third-order valence-electron chi connectivity index (χ3n) is 7.91. The summed E-state index contributed by atoms with van der Waals surface area (Å²) in [7, 11) is 1.36. The number of alkyl halides is 2. The number of phenolic OH excluding ortho intramolecular Hbond substituents is 1. The molecule has 2 aromatic carbocycles. The summed E-state index contributed by atoms with van der Waals surface area (Å²) < 4.78 is 17.1. The maximum absolute atomic E-state index is 14.1. The molecule has 196 valence electrons. The third kappa shape index (κ3) is 2.92. The van der Waals surface area contributed by atoms with Gasteiger partial charge in [0.1, 0.15) is 11.6 Å². The summed E-state index contributed by atoms with van der Waals surface area (Å²) in [5.74, 6) is -3.13. The molecule has 4 atom stereocenters. The van der Waals surface area contributed by atoms with Crippen molar-refractivity contribution in [2.24, 2.45) is 7.05 Å². The standard InChI is InChI=1S/C26H21Cl2FN4O5/c1-13-11-14(3-8-19(13)34)20-17-9-10-31-23(37)30(2)24(38)33(31)18(17)12-25(27)21(35)32(22(36)26(20,25)28)16-6-4-15(29)5-7-16/h3-9,11,18,20,34H,10,12H2,1-2H3. The van der Waals surface area contributed by atoms with Gasteiger partial charge in [0, 0.05) is 19.4 Å². The van der Waals surface area contributed by atoms with E-state index in [9.17, 15) is 28.7 Å². The molecule has 1 aliphatic carbocycles. The number of rotatable bonds is 2. The number of phenols is 1. The molecule has 3 aromatic rings. The number of halogens is 3. The predicted octanol–water partition coefficient (Wildman–Crippen LogP) is 2.70. The van der Waals surface area contributed by atoms with Crippen molar-refractivity contribution in [1.29, 1.82) is 0 Å². The predicted molar refractivity (Wildman–Crippen MR) is 137 cm³/mol. The molecule has 0 bridgehead atoms. The minimum atomic E-state index is -2.04. The maximum Gasteiger partial charge on any atom is 0.347 e. The number of anilines is 1. The van der Waals surface area contributed by atoms with Gasteiger partial charge in [-0.3, -0.25) is 9.59 Å². The van der Waals surface area contributed by atoms with Gasteiger partial charge in [-0.15, -0.1) is 23.2 Å². The molecule has 0 radical (unpaired) electrons. The Hall–Kier alpha value is -3.63. The van der Waals surface area contributed by atoms with Gasteiger partial charge in [-0.1, -0.05) is 18.2 Å². The van der Waals surface area contributed by atoms with Crippen LogP contribution in [0.4, 0.5) is 10.1 Å². The molecule has 1 saturated carbocycles. The zero-order valence-electron chi connectivity index (χ0n) is 20.2. The molecule has 3 aliphatic rings. The fraction of sp³-hybridized carbons (Fsp3) is 0.308. The molecule has 4 unspecified atom stereocenters. The molecule has 1 saturated heterocycles. The first-order chi connectivity index (χ1) is 17.9. The second-order valence-corrected chi connectivity index (χ2v) is 11.1. The van der Waals surface area contributed by atoms with Gasteiger partial charge < -0.3 is 5.11 Å². The van der Waals surface area contributed by atoms with E-state index in [1.54, 1.807) is 25.1 Å². The van der Waals surface area contributed by atoms with Crippen molar-refractivity contribution in [3.63, 3.8) is 0 Å². The second kappa shape index (κ2) is 7.94. The van der Waals surface area contributed by atoms with Crippen molar-refractivity contribution >= 4 is 40.7 Å². The smallest absolute Gasteiger partial charge is 0.347 e. The van der Waals surface area contributed by atoms with Gasteiger partial charge in [0.25, 0.3) is 11.8 Å². The summed E-state index contributed by atoms with van der Waals surface area (Å²) >= 11 is 14.4.